The molecule has 6 N–H and O–H groups in total. The molecule has 0 aliphatic carbocycles. The van der Waals surface area contributed by atoms with Crippen molar-refractivity contribution in [2.24, 2.45) is 0 Å². The van der Waals surface area contributed by atoms with Crippen molar-refractivity contribution in [2.45, 2.75) is 275 Å². The molecule has 1 heterocycles. The number of esters is 1. The van der Waals surface area contributed by atoms with Gasteiger partial charge in [0.05, 0.1) is 25.4 Å². The topological polar surface area (TPSA) is 175 Å². The monoisotopic (exact) mass is 934 g/mol. The Kier molecular flexibility index (Phi) is 41.0. The lowest BCUT2D eigenvalue weighted by atomic mass is 9.99. The molecule has 1 saturated heterocycles. The van der Waals surface area contributed by atoms with Crippen LogP contribution in [0.5, 0.6) is 0 Å². The van der Waals surface area contributed by atoms with Crippen LogP contribution >= 0.6 is 0 Å². The number of ether oxygens (including phenoxy) is 3. The first kappa shape index (κ1) is 61.6. The van der Waals surface area contributed by atoms with Gasteiger partial charge in [-0.05, 0) is 77.0 Å². The van der Waals surface area contributed by atoms with Crippen LogP contribution in [0.25, 0.3) is 0 Å². The minimum absolute atomic E-state index is 0.102. The van der Waals surface area contributed by atoms with Gasteiger partial charge in [0.15, 0.2) is 12.4 Å². The molecule has 11 heteroatoms. The number of carbonyl (C=O) groups excluding carboxylic acids is 2. The zero-order valence-electron chi connectivity index (χ0n) is 42.1. The van der Waals surface area contributed by atoms with Crippen molar-refractivity contribution in [3.8, 4) is 0 Å². The van der Waals surface area contributed by atoms with E-state index in [1.807, 2.05) is 6.08 Å². The molecule has 1 amide bonds. The molecule has 1 fully saturated rings. The Morgan fingerprint density at radius 2 is 1.09 bits per heavy atom. The lowest BCUT2D eigenvalue weighted by Gasteiger charge is -2.41. The average molecular weight is 934 g/mol. The predicted octanol–water partition coefficient (Wildman–Crippen LogP) is 11.3. The molecule has 0 radical (unpaired) electrons. The van der Waals surface area contributed by atoms with Crippen molar-refractivity contribution in [2.75, 3.05) is 13.2 Å². The van der Waals surface area contributed by atoms with E-state index in [4.69, 9.17) is 14.2 Å². The summed E-state index contributed by atoms with van der Waals surface area (Å²) in [6.45, 7) is 5.62. The lowest BCUT2D eigenvalue weighted by molar-refractivity contribution is -0.305. The number of unbranched alkanes of at least 4 members (excludes halogenated alkanes) is 24. The highest BCUT2D eigenvalue weighted by Crippen LogP contribution is 2.26. The van der Waals surface area contributed by atoms with Gasteiger partial charge >= 0.3 is 5.97 Å². The van der Waals surface area contributed by atoms with Crippen molar-refractivity contribution in [1.82, 2.24) is 5.32 Å². The van der Waals surface area contributed by atoms with E-state index in [1.165, 1.54) is 83.5 Å². The van der Waals surface area contributed by atoms with E-state index in [0.717, 1.165) is 96.3 Å². The number of allylic oxidation sites excluding steroid dienone is 7. The molecular formula is C55H99NO10. The van der Waals surface area contributed by atoms with Crippen molar-refractivity contribution in [1.29, 1.82) is 0 Å². The van der Waals surface area contributed by atoms with E-state index >= 15 is 0 Å². The smallest absolute Gasteiger partial charge is 0.306 e. The summed E-state index contributed by atoms with van der Waals surface area (Å²) < 4.78 is 17.5. The van der Waals surface area contributed by atoms with Crippen molar-refractivity contribution in [3.05, 3.63) is 48.6 Å². The quantitative estimate of drug-likeness (QED) is 0.0196. The standard InChI is InChI=1S/C55H99NO10/c1-4-7-10-13-16-19-22-24-27-30-33-36-39-42-48(59)54(63)56-46(47(58)41-38-35-32-29-26-21-18-15-12-9-6-3)45-64-55-53(52(62)51(61)49(44-57)65-55)66-50(60)43-40-37-34-31-28-25-23-20-17-14-11-8-5-2/h7,10,16,19,25,28,38,41,46-49,51-53,55,57-59,61-62H,4-6,8-9,11-15,17-18,20-24,26-27,29-37,39-40,42-45H2,1-3H3,(H,56,63)/b10-7+,19-16+,28-25-,41-38+. The van der Waals surface area contributed by atoms with E-state index in [9.17, 15) is 35.1 Å². The molecule has 0 spiro atoms. The highest BCUT2D eigenvalue weighted by atomic mass is 16.7. The Hall–Kier alpha value is -2.38. The summed E-state index contributed by atoms with van der Waals surface area (Å²) in [7, 11) is 0. The maximum absolute atomic E-state index is 13.3. The number of aliphatic hydroxyl groups is 5. The van der Waals surface area contributed by atoms with Gasteiger partial charge in [-0.25, -0.2) is 0 Å². The molecule has 11 nitrogen and oxygen atoms in total. The van der Waals surface area contributed by atoms with Gasteiger partial charge in [0.1, 0.15) is 24.4 Å². The fourth-order valence-corrected chi connectivity index (χ4v) is 8.15. The third-order valence-electron chi connectivity index (χ3n) is 12.5. The van der Waals surface area contributed by atoms with Crippen LogP contribution in [0.15, 0.2) is 48.6 Å². The van der Waals surface area contributed by atoms with Crippen LogP contribution in [0.4, 0.5) is 0 Å². The summed E-state index contributed by atoms with van der Waals surface area (Å²) >= 11 is 0. The van der Waals surface area contributed by atoms with Gasteiger partial charge in [-0.3, -0.25) is 9.59 Å². The first-order valence-electron chi connectivity index (χ1n) is 26.9. The van der Waals surface area contributed by atoms with Gasteiger partial charge in [-0.2, -0.15) is 0 Å². The van der Waals surface area contributed by atoms with Crippen molar-refractivity contribution in [3.63, 3.8) is 0 Å². The van der Waals surface area contributed by atoms with Crippen LogP contribution in [-0.4, -0.2) is 99.6 Å². The van der Waals surface area contributed by atoms with Gasteiger partial charge in [-0.1, -0.05) is 191 Å². The Balaban J connectivity index is 2.78. The fourth-order valence-electron chi connectivity index (χ4n) is 8.15. The van der Waals surface area contributed by atoms with Gasteiger partial charge in [0.2, 0.25) is 5.91 Å². The second-order valence-electron chi connectivity index (χ2n) is 18.6. The average Bonchev–Trinajstić information content (AvgIpc) is 3.31. The van der Waals surface area contributed by atoms with Crippen LogP contribution in [0.3, 0.4) is 0 Å². The normalized spacial score (nSPS) is 20.5. The molecule has 66 heavy (non-hydrogen) atoms. The van der Waals surface area contributed by atoms with Gasteiger partial charge < -0.3 is 45.1 Å². The number of nitrogens with one attached hydrogen (secondary N) is 1. The number of amides is 1. The highest BCUT2D eigenvalue weighted by Gasteiger charge is 2.47. The van der Waals surface area contributed by atoms with Gasteiger partial charge in [-0.15, -0.1) is 0 Å². The largest absolute Gasteiger partial charge is 0.454 e. The van der Waals surface area contributed by atoms with Gasteiger partial charge in [0, 0.05) is 6.42 Å². The summed E-state index contributed by atoms with van der Waals surface area (Å²) in [5, 5.41) is 56.6. The molecule has 0 bridgehead atoms. The van der Waals surface area contributed by atoms with Crippen molar-refractivity contribution >= 4 is 11.9 Å². The molecule has 384 valence electrons. The Labute approximate surface area is 402 Å². The van der Waals surface area contributed by atoms with E-state index in [0.29, 0.717) is 12.8 Å². The van der Waals surface area contributed by atoms with E-state index < -0.39 is 67.4 Å². The predicted molar refractivity (Wildman–Crippen MR) is 269 cm³/mol. The number of carbonyl (C=O) groups is 2. The fraction of sp³-hybridized carbons (Fsp3) is 0.818. The second kappa shape index (κ2) is 43.9. The zero-order chi connectivity index (χ0) is 48.3. The molecule has 1 aliphatic rings. The number of hydrogen-bond donors (Lipinski definition) is 6. The summed E-state index contributed by atoms with van der Waals surface area (Å²) in [5.74, 6) is -1.22. The Morgan fingerprint density at radius 3 is 1.64 bits per heavy atom. The van der Waals surface area contributed by atoms with Gasteiger partial charge in [0.25, 0.3) is 0 Å². The molecule has 0 aromatic heterocycles. The van der Waals surface area contributed by atoms with Crippen molar-refractivity contribution < 1.29 is 49.3 Å². The van der Waals surface area contributed by atoms with E-state index in [1.54, 1.807) is 6.08 Å². The van der Waals surface area contributed by atoms with Crippen LogP contribution in [-0.2, 0) is 23.8 Å². The van der Waals surface area contributed by atoms with Crippen LogP contribution in [0.1, 0.15) is 226 Å². The highest BCUT2D eigenvalue weighted by molar-refractivity contribution is 5.80. The molecule has 8 atom stereocenters. The molecular weight excluding hydrogens is 835 g/mol. The Bertz CT molecular complexity index is 1260. The third kappa shape index (κ3) is 32.4. The molecule has 0 aromatic carbocycles. The summed E-state index contributed by atoms with van der Waals surface area (Å²) in [6, 6.07) is -1.03. The minimum atomic E-state index is -1.62. The summed E-state index contributed by atoms with van der Waals surface area (Å²) in [4.78, 5) is 26.3. The molecule has 0 saturated carbocycles. The number of rotatable bonds is 44. The third-order valence-corrected chi connectivity index (χ3v) is 12.5. The number of hydrogen-bond acceptors (Lipinski definition) is 10. The van der Waals surface area contributed by atoms with Crippen LogP contribution in [0, 0.1) is 0 Å². The molecule has 8 unspecified atom stereocenters. The molecule has 1 aliphatic heterocycles. The maximum Gasteiger partial charge on any atom is 0.306 e. The summed E-state index contributed by atoms with van der Waals surface area (Å²) in [6.07, 6.45) is 40.2. The zero-order valence-corrected chi connectivity index (χ0v) is 42.1. The first-order valence-corrected chi connectivity index (χ1v) is 26.9. The minimum Gasteiger partial charge on any atom is -0.454 e. The maximum atomic E-state index is 13.3. The van der Waals surface area contributed by atoms with Crippen LogP contribution in [0.2, 0.25) is 0 Å². The Morgan fingerprint density at radius 1 is 0.606 bits per heavy atom. The first-order chi connectivity index (χ1) is 32.2. The lowest BCUT2D eigenvalue weighted by Crippen LogP contribution is -2.61. The molecule has 0 aromatic rings. The second-order valence-corrected chi connectivity index (χ2v) is 18.6. The van der Waals surface area contributed by atoms with E-state index in [2.05, 4.69) is 62.5 Å². The SMILES string of the molecule is CC/C=C/C/C=C/CCCCCCCCC(O)C(=O)NC(COC1OC(CO)C(O)C(O)C1OC(=O)CCCCC/C=C\CCCCCCCC)C(O)/C=C/CCCCCCCCCCC. The number of aliphatic hydroxyl groups excluding tert-OH is 5. The van der Waals surface area contributed by atoms with E-state index in [-0.39, 0.29) is 19.4 Å². The summed E-state index contributed by atoms with van der Waals surface area (Å²) in [5.41, 5.74) is 0. The van der Waals surface area contributed by atoms with Crippen LogP contribution < -0.4 is 5.32 Å². The molecule has 1 rings (SSSR count).